The minimum atomic E-state index is -0.833. The molecule has 0 atom stereocenters. The summed E-state index contributed by atoms with van der Waals surface area (Å²) in [4.78, 5) is 41.4. The standard InChI is InChI=1S/C29H31N3O6.C2H4O2/c1-30-19-8-10-21-25(14-19)38-26-15-20(31(2)3)9-11-22(26)29(21)18-7-12-24(35-4)23(13-18)32(16-27(33)36-5)17-28(34)37-6;1-2(3)4/h7-15H,16-17H2,1-6H3;1H3,(H,3,4). The number of fused-ring (bicyclic) bond motifs is 2. The largest absolute Gasteiger partial charge is 0.495 e. The molecule has 222 valence electrons. The van der Waals surface area contributed by atoms with E-state index in [-0.39, 0.29) is 13.1 Å². The summed E-state index contributed by atoms with van der Waals surface area (Å²) in [6.45, 7) is 0.759. The Morgan fingerprint density at radius 1 is 0.905 bits per heavy atom. The number of benzene rings is 3. The van der Waals surface area contributed by atoms with Crippen molar-refractivity contribution in [2.24, 2.45) is 4.99 Å². The smallest absolute Gasteiger partial charge is 0.325 e. The fraction of sp³-hybridized carbons (Fsp3) is 0.290. The Hall–Kier alpha value is -5.06. The number of carbonyl (C=O) groups excluding carboxylic acids is 2. The summed E-state index contributed by atoms with van der Waals surface area (Å²) in [7, 11) is 9.83. The average Bonchev–Trinajstić information content (AvgIpc) is 2.97. The third kappa shape index (κ3) is 7.36. The number of ether oxygens (including phenoxy) is 3. The van der Waals surface area contributed by atoms with Crippen LogP contribution in [0.5, 0.6) is 5.75 Å². The van der Waals surface area contributed by atoms with E-state index in [1.807, 2.05) is 73.6 Å². The average molecular weight is 578 g/mol. The molecule has 4 rings (SSSR count). The first-order chi connectivity index (χ1) is 20.0. The van der Waals surface area contributed by atoms with Crippen LogP contribution in [-0.4, -0.2) is 78.6 Å². The van der Waals surface area contributed by atoms with E-state index >= 15 is 0 Å². The number of methoxy groups -OCH3 is 3. The lowest BCUT2D eigenvalue weighted by molar-refractivity contribution is -0.140. The molecule has 0 saturated heterocycles. The highest BCUT2D eigenvalue weighted by atomic mass is 16.5. The molecule has 0 saturated carbocycles. The Bertz CT molecular complexity index is 1600. The molecule has 0 radical (unpaired) electrons. The summed E-state index contributed by atoms with van der Waals surface area (Å²) in [6.07, 6.45) is 0. The third-order valence-electron chi connectivity index (χ3n) is 6.37. The van der Waals surface area contributed by atoms with Crippen molar-refractivity contribution in [3.05, 3.63) is 60.0 Å². The molecule has 42 heavy (non-hydrogen) atoms. The molecule has 1 heterocycles. The van der Waals surface area contributed by atoms with E-state index in [1.54, 1.807) is 11.9 Å². The van der Waals surface area contributed by atoms with Crippen molar-refractivity contribution >= 4 is 40.3 Å². The number of carboxylic acid groups (broad SMARTS) is 1. The Kier molecular flexibility index (Phi) is 10.5. The van der Waals surface area contributed by atoms with Gasteiger partial charge in [-0.2, -0.15) is 0 Å². The van der Waals surface area contributed by atoms with Crippen LogP contribution in [0.4, 0.5) is 11.4 Å². The zero-order valence-electron chi connectivity index (χ0n) is 24.8. The molecule has 0 unspecified atom stereocenters. The summed E-state index contributed by atoms with van der Waals surface area (Å²) in [5, 5.41) is 9.13. The maximum absolute atomic E-state index is 12.2. The van der Waals surface area contributed by atoms with Crippen molar-refractivity contribution in [2.45, 2.75) is 6.92 Å². The fourth-order valence-electron chi connectivity index (χ4n) is 4.36. The molecule has 2 aromatic rings. The predicted octanol–water partition coefficient (Wildman–Crippen LogP) is 4.05. The molecular weight excluding hydrogens is 542 g/mol. The molecule has 0 spiro atoms. The first kappa shape index (κ1) is 31.5. The van der Waals surface area contributed by atoms with E-state index in [2.05, 4.69) is 4.99 Å². The van der Waals surface area contributed by atoms with Gasteiger partial charge in [0.15, 0.2) is 0 Å². The van der Waals surface area contributed by atoms with Crippen LogP contribution in [-0.2, 0) is 23.9 Å². The van der Waals surface area contributed by atoms with Gasteiger partial charge < -0.3 is 33.5 Å². The molecule has 1 N–H and O–H groups in total. The van der Waals surface area contributed by atoms with Crippen LogP contribution in [0.25, 0.3) is 33.4 Å². The lowest BCUT2D eigenvalue weighted by Gasteiger charge is -2.25. The lowest BCUT2D eigenvalue weighted by atomic mass is 9.93. The quantitative estimate of drug-likeness (QED) is 0.242. The fourth-order valence-corrected chi connectivity index (χ4v) is 4.36. The molecule has 0 fully saturated rings. The van der Waals surface area contributed by atoms with Crippen molar-refractivity contribution in [1.82, 2.24) is 0 Å². The summed E-state index contributed by atoms with van der Waals surface area (Å²) in [5.41, 5.74) is 4.95. The number of carbonyl (C=O) groups is 3. The molecule has 2 aromatic carbocycles. The molecule has 1 aliphatic carbocycles. The zero-order valence-corrected chi connectivity index (χ0v) is 24.8. The Balaban J connectivity index is 0.00000114. The summed E-state index contributed by atoms with van der Waals surface area (Å²) < 4.78 is 21.7. The van der Waals surface area contributed by atoms with Crippen LogP contribution in [0.15, 0.2) is 64.0 Å². The van der Waals surface area contributed by atoms with Gasteiger partial charge in [-0.15, -0.1) is 0 Å². The highest BCUT2D eigenvalue weighted by Crippen LogP contribution is 2.43. The Labute approximate surface area is 243 Å². The summed E-state index contributed by atoms with van der Waals surface area (Å²) >= 11 is 0. The van der Waals surface area contributed by atoms with E-state index in [0.717, 1.165) is 40.0 Å². The van der Waals surface area contributed by atoms with E-state index in [0.29, 0.717) is 22.8 Å². The molecule has 0 aromatic heterocycles. The summed E-state index contributed by atoms with van der Waals surface area (Å²) in [6, 6.07) is 17.6. The normalized spacial score (nSPS) is 11.0. The minimum absolute atomic E-state index is 0.162. The van der Waals surface area contributed by atoms with Crippen molar-refractivity contribution in [3.8, 4) is 28.2 Å². The highest BCUT2D eigenvalue weighted by molar-refractivity contribution is 6.03. The number of nitrogens with zero attached hydrogens (tertiary/aromatic N) is 3. The third-order valence-corrected chi connectivity index (χ3v) is 6.37. The molecule has 0 amide bonds. The van der Waals surface area contributed by atoms with E-state index in [9.17, 15) is 9.59 Å². The van der Waals surface area contributed by atoms with Crippen LogP contribution in [0, 0.1) is 0 Å². The van der Waals surface area contributed by atoms with E-state index in [1.165, 1.54) is 21.3 Å². The van der Waals surface area contributed by atoms with Crippen molar-refractivity contribution in [3.63, 3.8) is 0 Å². The number of hydrogen-bond donors (Lipinski definition) is 1. The van der Waals surface area contributed by atoms with Crippen LogP contribution in [0.2, 0.25) is 0 Å². The van der Waals surface area contributed by atoms with Gasteiger partial charge in [0.1, 0.15) is 30.2 Å². The topological polar surface area (TPSA) is 131 Å². The number of hydrogen-bond acceptors (Lipinski definition) is 10. The highest BCUT2D eigenvalue weighted by Gasteiger charge is 2.23. The first-order valence-corrected chi connectivity index (χ1v) is 12.9. The monoisotopic (exact) mass is 577 g/mol. The second-order valence-corrected chi connectivity index (χ2v) is 9.37. The number of rotatable bonds is 8. The van der Waals surface area contributed by atoms with Gasteiger partial charge >= 0.3 is 11.9 Å². The van der Waals surface area contributed by atoms with Gasteiger partial charge in [0.2, 0.25) is 0 Å². The van der Waals surface area contributed by atoms with Gasteiger partial charge in [-0.25, -0.2) is 0 Å². The van der Waals surface area contributed by atoms with Gasteiger partial charge in [-0.1, -0.05) is 6.07 Å². The Morgan fingerprint density at radius 2 is 1.55 bits per heavy atom. The maximum atomic E-state index is 12.2. The maximum Gasteiger partial charge on any atom is 0.325 e. The number of anilines is 2. The predicted molar refractivity (Wildman–Crippen MR) is 160 cm³/mol. The summed E-state index contributed by atoms with van der Waals surface area (Å²) in [5.74, 6) is -0.645. The van der Waals surface area contributed by atoms with Crippen molar-refractivity contribution in [1.29, 1.82) is 0 Å². The molecule has 2 aliphatic rings. The minimum Gasteiger partial charge on any atom is -0.495 e. The van der Waals surface area contributed by atoms with Crippen molar-refractivity contribution in [2.75, 3.05) is 65.4 Å². The molecule has 11 heteroatoms. The second-order valence-electron chi connectivity index (χ2n) is 9.37. The number of carboxylic acids is 1. The molecule has 1 aliphatic heterocycles. The molecular formula is C31H35N3O8. The zero-order chi connectivity index (χ0) is 31.0. The van der Waals surface area contributed by atoms with Gasteiger partial charge in [0.25, 0.3) is 5.97 Å². The number of aliphatic carboxylic acids is 1. The Morgan fingerprint density at radius 3 is 2.10 bits per heavy atom. The molecule has 11 nitrogen and oxygen atoms in total. The van der Waals surface area contributed by atoms with Crippen LogP contribution in [0.1, 0.15) is 6.92 Å². The SMILES string of the molecule is CC(=O)O.CN=c1ccc2c(-c3ccc(OC)c(N(CC(=O)OC)CC(=O)OC)c3)c3ccc(N(C)C)cc3oc-2c1. The van der Waals surface area contributed by atoms with E-state index < -0.39 is 17.9 Å². The van der Waals surface area contributed by atoms with Crippen LogP contribution < -0.4 is 19.9 Å². The second kappa shape index (κ2) is 14.0. The van der Waals surface area contributed by atoms with Gasteiger partial charge in [0.05, 0.1) is 32.4 Å². The lowest BCUT2D eigenvalue weighted by Crippen LogP contribution is -2.35. The number of esters is 2. The van der Waals surface area contributed by atoms with Gasteiger partial charge in [-0.05, 0) is 42.0 Å². The van der Waals surface area contributed by atoms with Crippen molar-refractivity contribution < 1.29 is 38.1 Å². The first-order valence-electron chi connectivity index (χ1n) is 12.9. The van der Waals surface area contributed by atoms with Crippen LogP contribution >= 0.6 is 0 Å². The van der Waals surface area contributed by atoms with Gasteiger partial charge in [0, 0.05) is 62.4 Å². The molecule has 0 bridgehead atoms. The van der Waals surface area contributed by atoms with E-state index in [4.69, 9.17) is 28.5 Å². The van der Waals surface area contributed by atoms with Gasteiger partial charge in [-0.3, -0.25) is 19.4 Å². The van der Waals surface area contributed by atoms with Crippen LogP contribution in [0.3, 0.4) is 0 Å².